The molecule has 1 aromatic heterocycles. The molecule has 2 heteroatoms. The van der Waals surface area contributed by atoms with Crippen LogP contribution in [-0.2, 0) is 12.8 Å². The monoisotopic (exact) mass is 406 g/mol. The van der Waals surface area contributed by atoms with Crippen LogP contribution in [0.2, 0.25) is 0 Å². The summed E-state index contributed by atoms with van der Waals surface area (Å²) < 4.78 is 0. The summed E-state index contributed by atoms with van der Waals surface area (Å²) in [6, 6.07) is 8.98. The summed E-state index contributed by atoms with van der Waals surface area (Å²) in [5.74, 6) is 2.91. The number of unbranched alkanes of at least 4 members (excludes halogenated alkanes) is 3. The van der Waals surface area contributed by atoms with Crippen LogP contribution in [0, 0.1) is 18.8 Å². The fourth-order valence-electron chi connectivity index (χ4n) is 4.98. The van der Waals surface area contributed by atoms with Crippen molar-refractivity contribution >= 4 is 0 Å². The standard InChI is InChI=1S/C28H42N2/c1-4-6-8-10-24-11-13-25(14-12-24)17-20-28-29-21-27(22(3)30-28)26-18-15-23(16-19-26)9-7-5-2/h15-16,18-19,21,24-25H,4-14,17,20H2,1-3H3. The molecular weight excluding hydrogens is 364 g/mol. The molecule has 0 atom stereocenters. The first-order valence-corrected chi connectivity index (χ1v) is 12.6. The molecule has 1 aromatic carbocycles. The highest BCUT2D eigenvalue weighted by atomic mass is 14.9. The third-order valence-corrected chi connectivity index (χ3v) is 7.07. The summed E-state index contributed by atoms with van der Waals surface area (Å²) in [6.45, 7) is 6.68. The zero-order chi connectivity index (χ0) is 21.2. The molecule has 0 saturated heterocycles. The van der Waals surface area contributed by atoms with Crippen LogP contribution in [0.3, 0.4) is 0 Å². The molecule has 0 spiro atoms. The van der Waals surface area contributed by atoms with E-state index in [1.165, 1.54) is 93.7 Å². The summed E-state index contributed by atoms with van der Waals surface area (Å²) in [4.78, 5) is 9.59. The smallest absolute Gasteiger partial charge is 0.128 e. The van der Waals surface area contributed by atoms with Gasteiger partial charge < -0.3 is 0 Å². The minimum atomic E-state index is 0.881. The zero-order valence-electron chi connectivity index (χ0n) is 19.6. The van der Waals surface area contributed by atoms with Gasteiger partial charge in [0.15, 0.2) is 0 Å². The van der Waals surface area contributed by atoms with Crippen molar-refractivity contribution < 1.29 is 0 Å². The van der Waals surface area contributed by atoms with E-state index < -0.39 is 0 Å². The van der Waals surface area contributed by atoms with E-state index in [0.29, 0.717) is 0 Å². The number of hydrogen-bond donors (Lipinski definition) is 0. The van der Waals surface area contributed by atoms with Gasteiger partial charge in [-0.15, -0.1) is 0 Å². The zero-order valence-corrected chi connectivity index (χ0v) is 19.6. The lowest BCUT2D eigenvalue weighted by Crippen LogP contribution is -2.15. The summed E-state index contributed by atoms with van der Waals surface area (Å²) in [5.41, 5.74) is 4.95. The molecular formula is C28H42N2. The van der Waals surface area contributed by atoms with Crippen molar-refractivity contribution in [3.8, 4) is 11.1 Å². The molecule has 1 saturated carbocycles. The van der Waals surface area contributed by atoms with E-state index in [-0.39, 0.29) is 0 Å². The molecule has 0 aliphatic heterocycles. The number of nitrogens with zero attached hydrogens (tertiary/aromatic N) is 2. The number of hydrogen-bond acceptors (Lipinski definition) is 2. The molecule has 0 unspecified atom stereocenters. The van der Waals surface area contributed by atoms with Gasteiger partial charge in [-0.3, -0.25) is 0 Å². The predicted octanol–water partition coefficient (Wildman–Crippen LogP) is 8.11. The van der Waals surface area contributed by atoms with Crippen molar-refractivity contribution in [2.24, 2.45) is 11.8 Å². The van der Waals surface area contributed by atoms with Gasteiger partial charge in [-0.1, -0.05) is 95.9 Å². The van der Waals surface area contributed by atoms with Gasteiger partial charge in [0.2, 0.25) is 0 Å². The fourth-order valence-corrected chi connectivity index (χ4v) is 4.98. The third-order valence-electron chi connectivity index (χ3n) is 7.07. The van der Waals surface area contributed by atoms with E-state index in [1.807, 2.05) is 6.20 Å². The fraction of sp³-hybridized carbons (Fsp3) is 0.643. The Morgan fingerprint density at radius 2 is 1.47 bits per heavy atom. The molecule has 3 rings (SSSR count). The van der Waals surface area contributed by atoms with Crippen molar-refractivity contribution in [2.75, 3.05) is 0 Å². The molecule has 0 amide bonds. The molecule has 1 aliphatic carbocycles. The van der Waals surface area contributed by atoms with Crippen LogP contribution in [0.5, 0.6) is 0 Å². The van der Waals surface area contributed by atoms with Gasteiger partial charge in [-0.2, -0.15) is 0 Å². The lowest BCUT2D eigenvalue weighted by molar-refractivity contribution is 0.248. The summed E-state index contributed by atoms with van der Waals surface area (Å²) >= 11 is 0. The van der Waals surface area contributed by atoms with Crippen LogP contribution in [0.1, 0.15) is 102 Å². The normalized spacial score (nSPS) is 19.2. The van der Waals surface area contributed by atoms with E-state index in [1.54, 1.807) is 0 Å². The first-order valence-electron chi connectivity index (χ1n) is 12.6. The van der Waals surface area contributed by atoms with Gasteiger partial charge >= 0.3 is 0 Å². The van der Waals surface area contributed by atoms with Gasteiger partial charge in [-0.25, -0.2) is 9.97 Å². The molecule has 2 aromatic rings. The molecule has 0 radical (unpaired) electrons. The van der Waals surface area contributed by atoms with E-state index in [2.05, 4.69) is 45.0 Å². The first-order chi connectivity index (χ1) is 14.7. The average molecular weight is 407 g/mol. The highest BCUT2D eigenvalue weighted by Crippen LogP contribution is 2.34. The van der Waals surface area contributed by atoms with Crippen LogP contribution >= 0.6 is 0 Å². The summed E-state index contributed by atoms with van der Waals surface area (Å²) in [5, 5.41) is 0. The Bertz CT molecular complexity index is 742. The second kappa shape index (κ2) is 12.2. The Kier molecular flexibility index (Phi) is 9.36. The minimum absolute atomic E-state index is 0.881. The molecule has 1 fully saturated rings. The average Bonchev–Trinajstić information content (AvgIpc) is 2.78. The van der Waals surface area contributed by atoms with E-state index in [0.717, 1.165) is 29.8 Å². The Morgan fingerprint density at radius 1 is 0.800 bits per heavy atom. The van der Waals surface area contributed by atoms with Crippen LogP contribution in [0.4, 0.5) is 0 Å². The molecule has 2 nitrogen and oxygen atoms in total. The van der Waals surface area contributed by atoms with Gasteiger partial charge in [0.25, 0.3) is 0 Å². The largest absolute Gasteiger partial charge is 0.241 e. The van der Waals surface area contributed by atoms with Gasteiger partial charge in [-0.05, 0) is 49.1 Å². The Balaban J connectivity index is 1.48. The van der Waals surface area contributed by atoms with E-state index in [4.69, 9.17) is 9.97 Å². The van der Waals surface area contributed by atoms with Crippen molar-refractivity contribution in [1.29, 1.82) is 0 Å². The molecule has 30 heavy (non-hydrogen) atoms. The molecule has 0 N–H and O–H groups in total. The van der Waals surface area contributed by atoms with Crippen molar-refractivity contribution in [1.82, 2.24) is 9.97 Å². The number of aryl methyl sites for hydroxylation is 3. The Morgan fingerprint density at radius 3 is 2.10 bits per heavy atom. The second-order valence-electron chi connectivity index (χ2n) is 9.51. The van der Waals surface area contributed by atoms with Crippen LogP contribution in [0.15, 0.2) is 30.5 Å². The SMILES string of the molecule is CCCCCC1CCC(CCc2ncc(-c3ccc(CCCC)cc3)c(C)n2)CC1. The minimum Gasteiger partial charge on any atom is -0.241 e. The summed E-state index contributed by atoms with van der Waals surface area (Å²) in [7, 11) is 0. The quantitative estimate of drug-likeness (QED) is 0.352. The Hall–Kier alpha value is -1.70. The Labute approximate surface area is 184 Å². The second-order valence-corrected chi connectivity index (χ2v) is 9.51. The van der Waals surface area contributed by atoms with E-state index in [9.17, 15) is 0 Å². The lowest BCUT2D eigenvalue weighted by Gasteiger charge is -2.28. The third kappa shape index (κ3) is 6.93. The molecule has 0 bridgehead atoms. The van der Waals surface area contributed by atoms with Gasteiger partial charge in [0, 0.05) is 23.9 Å². The lowest BCUT2D eigenvalue weighted by atomic mass is 9.78. The van der Waals surface area contributed by atoms with Crippen LogP contribution in [0.25, 0.3) is 11.1 Å². The molecule has 164 valence electrons. The molecule has 1 heterocycles. The maximum Gasteiger partial charge on any atom is 0.128 e. The van der Waals surface area contributed by atoms with Crippen LogP contribution < -0.4 is 0 Å². The topological polar surface area (TPSA) is 25.8 Å². The van der Waals surface area contributed by atoms with E-state index >= 15 is 0 Å². The maximum absolute atomic E-state index is 4.86. The molecule has 1 aliphatic rings. The maximum atomic E-state index is 4.86. The predicted molar refractivity (Wildman–Crippen MR) is 129 cm³/mol. The highest BCUT2D eigenvalue weighted by Gasteiger charge is 2.21. The van der Waals surface area contributed by atoms with Crippen molar-refractivity contribution in [2.45, 2.75) is 104 Å². The summed E-state index contributed by atoms with van der Waals surface area (Å²) in [6.07, 6.45) is 19.4. The number of benzene rings is 1. The highest BCUT2D eigenvalue weighted by molar-refractivity contribution is 5.65. The van der Waals surface area contributed by atoms with Crippen LogP contribution in [-0.4, -0.2) is 9.97 Å². The van der Waals surface area contributed by atoms with Gasteiger partial charge in [0.1, 0.15) is 5.82 Å². The number of aromatic nitrogens is 2. The van der Waals surface area contributed by atoms with Crippen molar-refractivity contribution in [3.05, 3.63) is 47.5 Å². The van der Waals surface area contributed by atoms with Crippen molar-refractivity contribution in [3.63, 3.8) is 0 Å². The number of rotatable bonds is 11. The van der Waals surface area contributed by atoms with Gasteiger partial charge in [0.05, 0.1) is 0 Å². The first kappa shape index (κ1) is 23.0.